The standard InChI is InChI=1S/C13H26N2O4.2ClH/c1-14(2)8-10-18-12(16)6-5-7-13(17)19-11-9-15(3)4;;/h5-11H2,1-4H3;2*1H. The van der Waals surface area contributed by atoms with Gasteiger partial charge in [0.2, 0.25) is 0 Å². The van der Waals surface area contributed by atoms with Gasteiger partial charge in [-0.2, -0.15) is 0 Å². The van der Waals surface area contributed by atoms with Crippen LogP contribution in [-0.4, -0.2) is 76.2 Å². The number of hydrogen-bond acceptors (Lipinski definition) is 6. The van der Waals surface area contributed by atoms with Gasteiger partial charge in [-0.3, -0.25) is 9.59 Å². The molecule has 0 aliphatic carbocycles. The molecule has 0 aliphatic rings. The summed E-state index contributed by atoms with van der Waals surface area (Å²) in [5.41, 5.74) is 0. The second-order valence-electron chi connectivity index (χ2n) is 4.90. The van der Waals surface area contributed by atoms with Crippen LogP contribution in [0.1, 0.15) is 19.3 Å². The van der Waals surface area contributed by atoms with E-state index in [2.05, 4.69) is 0 Å². The number of halogens is 2. The number of carbonyl (C=O) groups is 2. The lowest BCUT2D eigenvalue weighted by Gasteiger charge is -2.10. The summed E-state index contributed by atoms with van der Waals surface area (Å²) in [4.78, 5) is 26.5. The number of hydrogen-bond donors (Lipinski definition) is 0. The molecule has 8 heteroatoms. The molecular weight excluding hydrogens is 319 g/mol. The van der Waals surface area contributed by atoms with Gasteiger partial charge >= 0.3 is 11.9 Å². The van der Waals surface area contributed by atoms with Crippen LogP contribution < -0.4 is 0 Å². The predicted molar refractivity (Wildman–Crippen MR) is 87.4 cm³/mol. The summed E-state index contributed by atoms with van der Waals surface area (Å²) >= 11 is 0. The topological polar surface area (TPSA) is 59.1 Å². The Labute approximate surface area is 139 Å². The number of likely N-dealkylation sites (N-methyl/N-ethyl adjacent to an activating group) is 2. The summed E-state index contributed by atoms with van der Waals surface area (Å²) in [5.74, 6) is -0.522. The van der Waals surface area contributed by atoms with E-state index in [9.17, 15) is 9.59 Å². The Kier molecular flexibility index (Phi) is 19.1. The molecule has 21 heavy (non-hydrogen) atoms. The largest absolute Gasteiger partial charge is 0.464 e. The van der Waals surface area contributed by atoms with E-state index in [4.69, 9.17) is 9.47 Å². The van der Waals surface area contributed by atoms with Gasteiger partial charge in [-0.05, 0) is 34.6 Å². The van der Waals surface area contributed by atoms with Gasteiger partial charge in [0.05, 0.1) is 0 Å². The lowest BCUT2D eigenvalue weighted by atomic mass is 10.2. The Morgan fingerprint density at radius 2 is 1.10 bits per heavy atom. The highest BCUT2D eigenvalue weighted by Crippen LogP contribution is 2.00. The van der Waals surface area contributed by atoms with Gasteiger partial charge < -0.3 is 19.3 Å². The number of nitrogens with zero attached hydrogens (tertiary/aromatic N) is 2. The van der Waals surface area contributed by atoms with Crippen LogP contribution in [0.2, 0.25) is 0 Å². The Morgan fingerprint density at radius 3 is 1.38 bits per heavy atom. The van der Waals surface area contributed by atoms with Gasteiger partial charge in [0, 0.05) is 25.9 Å². The summed E-state index contributed by atoms with van der Waals surface area (Å²) in [5, 5.41) is 0. The van der Waals surface area contributed by atoms with Crippen molar-refractivity contribution in [3.63, 3.8) is 0 Å². The van der Waals surface area contributed by atoms with Crippen molar-refractivity contribution in [2.24, 2.45) is 0 Å². The molecule has 0 rings (SSSR count). The number of rotatable bonds is 10. The van der Waals surface area contributed by atoms with Crippen LogP contribution in [0.3, 0.4) is 0 Å². The maximum absolute atomic E-state index is 11.3. The lowest BCUT2D eigenvalue weighted by Crippen LogP contribution is -2.21. The summed E-state index contributed by atoms with van der Waals surface area (Å²) < 4.78 is 10.0. The molecule has 6 nitrogen and oxygen atoms in total. The molecule has 0 aliphatic heterocycles. The smallest absolute Gasteiger partial charge is 0.305 e. The van der Waals surface area contributed by atoms with E-state index in [1.807, 2.05) is 38.0 Å². The zero-order valence-corrected chi connectivity index (χ0v) is 14.9. The second-order valence-corrected chi connectivity index (χ2v) is 4.90. The van der Waals surface area contributed by atoms with Gasteiger partial charge in [-0.1, -0.05) is 0 Å². The van der Waals surface area contributed by atoms with Crippen molar-refractivity contribution >= 4 is 36.8 Å². The minimum absolute atomic E-state index is 0. The zero-order chi connectivity index (χ0) is 14.7. The molecule has 128 valence electrons. The molecule has 0 fully saturated rings. The van der Waals surface area contributed by atoms with Gasteiger partial charge in [0.15, 0.2) is 0 Å². The molecule has 0 N–H and O–H groups in total. The van der Waals surface area contributed by atoms with Crippen molar-refractivity contribution in [1.82, 2.24) is 9.80 Å². The third-order valence-corrected chi connectivity index (χ3v) is 2.36. The lowest BCUT2D eigenvalue weighted by molar-refractivity contribution is -0.145. The Morgan fingerprint density at radius 1 is 0.762 bits per heavy atom. The second kappa shape index (κ2) is 15.8. The average molecular weight is 347 g/mol. The molecule has 0 radical (unpaired) electrons. The van der Waals surface area contributed by atoms with E-state index < -0.39 is 0 Å². The first-order valence-electron chi connectivity index (χ1n) is 6.52. The van der Waals surface area contributed by atoms with Gasteiger partial charge in [0.25, 0.3) is 0 Å². The van der Waals surface area contributed by atoms with E-state index in [1.165, 1.54) is 0 Å². The van der Waals surface area contributed by atoms with Gasteiger partial charge in [-0.15, -0.1) is 24.8 Å². The normalized spacial score (nSPS) is 9.81. The SMILES string of the molecule is CN(C)CCOC(=O)CCCC(=O)OCCN(C)C.Cl.Cl. The van der Waals surface area contributed by atoms with Crippen molar-refractivity contribution in [2.75, 3.05) is 54.5 Å². The van der Waals surface area contributed by atoms with E-state index in [-0.39, 0.29) is 49.6 Å². The van der Waals surface area contributed by atoms with Crippen LogP contribution in [-0.2, 0) is 19.1 Å². The first-order valence-corrected chi connectivity index (χ1v) is 6.52. The molecule has 0 aromatic carbocycles. The Bertz CT molecular complexity index is 251. The molecular formula is C13H28Cl2N2O4. The predicted octanol–water partition coefficient (Wildman–Crippen LogP) is 1.21. The van der Waals surface area contributed by atoms with E-state index in [1.54, 1.807) is 0 Å². The minimum Gasteiger partial charge on any atom is -0.464 e. The number of ether oxygens (including phenoxy) is 2. The third-order valence-electron chi connectivity index (χ3n) is 2.36. The highest BCUT2D eigenvalue weighted by atomic mass is 35.5. The summed E-state index contributed by atoms with van der Waals surface area (Å²) in [7, 11) is 7.66. The van der Waals surface area contributed by atoms with Crippen molar-refractivity contribution < 1.29 is 19.1 Å². The van der Waals surface area contributed by atoms with Crippen LogP contribution in [0, 0.1) is 0 Å². The first kappa shape index (κ1) is 25.4. The van der Waals surface area contributed by atoms with Gasteiger partial charge in [-0.25, -0.2) is 0 Å². The van der Waals surface area contributed by atoms with E-state index >= 15 is 0 Å². The third kappa shape index (κ3) is 19.4. The summed E-state index contributed by atoms with van der Waals surface area (Å²) in [6.45, 7) is 2.19. The van der Waals surface area contributed by atoms with Crippen LogP contribution >= 0.6 is 24.8 Å². The molecule has 0 amide bonds. The minimum atomic E-state index is -0.261. The molecule has 0 saturated heterocycles. The van der Waals surface area contributed by atoms with Gasteiger partial charge in [0.1, 0.15) is 13.2 Å². The van der Waals surface area contributed by atoms with Crippen LogP contribution in [0.4, 0.5) is 0 Å². The molecule has 0 unspecified atom stereocenters. The average Bonchev–Trinajstić information content (AvgIpc) is 2.27. The monoisotopic (exact) mass is 346 g/mol. The summed E-state index contributed by atoms with van der Waals surface area (Å²) in [6, 6.07) is 0. The molecule has 0 aromatic heterocycles. The number of carbonyl (C=O) groups excluding carboxylic acids is 2. The van der Waals surface area contributed by atoms with Crippen LogP contribution in [0.25, 0.3) is 0 Å². The Balaban J connectivity index is -0.00000162. The van der Waals surface area contributed by atoms with Crippen molar-refractivity contribution in [1.29, 1.82) is 0 Å². The molecule has 0 bridgehead atoms. The van der Waals surface area contributed by atoms with Crippen molar-refractivity contribution in [3.05, 3.63) is 0 Å². The zero-order valence-electron chi connectivity index (χ0n) is 13.3. The highest BCUT2D eigenvalue weighted by molar-refractivity contribution is 5.85. The number of esters is 2. The fourth-order valence-corrected chi connectivity index (χ4v) is 1.21. The molecule has 0 heterocycles. The highest BCUT2D eigenvalue weighted by Gasteiger charge is 2.07. The molecule has 0 saturated carbocycles. The molecule has 0 atom stereocenters. The van der Waals surface area contributed by atoms with Crippen molar-refractivity contribution in [2.45, 2.75) is 19.3 Å². The van der Waals surface area contributed by atoms with Crippen molar-refractivity contribution in [3.8, 4) is 0 Å². The molecule has 0 spiro atoms. The fourth-order valence-electron chi connectivity index (χ4n) is 1.21. The van der Waals surface area contributed by atoms with E-state index in [0.29, 0.717) is 32.7 Å². The van der Waals surface area contributed by atoms with E-state index in [0.717, 1.165) is 0 Å². The molecule has 0 aromatic rings. The maximum atomic E-state index is 11.3. The fraction of sp³-hybridized carbons (Fsp3) is 0.846. The summed E-state index contributed by atoms with van der Waals surface area (Å²) in [6.07, 6.45) is 0.994. The first-order chi connectivity index (χ1) is 8.91. The van der Waals surface area contributed by atoms with Crippen LogP contribution in [0.5, 0.6) is 0 Å². The quantitative estimate of drug-likeness (QED) is 0.554. The van der Waals surface area contributed by atoms with Crippen LogP contribution in [0.15, 0.2) is 0 Å². The maximum Gasteiger partial charge on any atom is 0.305 e. The Hall–Kier alpha value is -0.560.